The molecule has 0 unspecified atom stereocenters. The number of halogens is 3. The summed E-state index contributed by atoms with van der Waals surface area (Å²) in [4.78, 5) is 0. The largest absolute Gasteiger partial charge is 0.397 e. The summed E-state index contributed by atoms with van der Waals surface area (Å²) in [6, 6.07) is 5.81. The third kappa shape index (κ3) is 2.31. The molecule has 0 bridgehead atoms. The summed E-state index contributed by atoms with van der Waals surface area (Å²) in [5, 5.41) is 8.77. The van der Waals surface area contributed by atoms with Crippen molar-refractivity contribution >= 4 is 0 Å². The Kier molecular flexibility index (Phi) is 3.09. The predicted octanol–water partition coefficient (Wildman–Crippen LogP) is 3.02. The SMILES string of the molecule is CC(C)(c1ccc(CO)cc1)C(F)(F)F. The van der Waals surface area contributed by atoms with Crippen molar-refractivity contribution in [2.75, 3.05) is 0 Å². The Hall–Kier alpha value is -1.03. The van der Waals surface area contributed by atoms with Crippen molar-refractivity contribution in [1.29, 1.82) is 0 Å². The highest BCUT2D eigenvalue weighted by Crippen LogP contribution is 2.40. The van der Waals surface area contributed by atoms with Crippen LogP contribution in [0.2, 0.25) is 0 Å². The van der Waals surface area contributed by atoms with Crippen molar-refractivity contribution in [2.45, 2.75) is 32.0 Å². The van der Waals surface area contributed by atoms with Gasteiger partial charge in [0, 0.05) is 0 Å². The first-order valence-corrected chi connectivity index (χ1v) is 4.56. The van der Waals surface area contributed by atoms with E-state index < -0.39 is 11.6 Å². The van der Waals surface area contributed by atoms with Crippen molar-refractivity contribution < 1.29 is 18.3 Å². The summed E-state index contributed by atoms with van der Waals surface area (Å²) in [6.45, 7) is 2.12. The molecule has 0 heterocycles. The van der Waals surface area contributed by atoms with Gasteiger partial charge in [0.2, 0.25) is 0 Å². The standard InChI is InChI=1S/C11H13F3O/c1-10(2,11(12,13)14)9-5-3-8(7-15)4-6-9/h3-6,15H,7H2,1-2H3. The van der Waals surface area contributed by atoms with Gasteiger partial charge in [0.1, 0.15) is 0 Å². The molecule has 1 aromatic carbocycles. The minimum atomic E-state index is -4.27. The zero-order chi connectivity index (χ0) is 11.7. The van der Waals surface area contributed by atoms with Gasteiger partial charge < -0.3 is 5.11 Å². The van der Waals surface area contributed by atoms with Crippen LogP contribution in [0.3, 0.4) is 0 Å². The van der Waals surface area contributed by atoms with Gasteiger partial charge in [-0.15, -0.1) is 0 Å². The molecule has 0 atom stereocenters. The molecule has 0 aliphatic heterocycles. The van der Waals surface area contributed by atoms with Crippen molar-refractivity contribution in [3.63, 3.8) is 0 Å². The molecule has 1 nitrogen and oxygen atoms in total. The van der Waals surface area contributed by atoms with Crippen LogP contribution in [0.15, 0.2) is 24.3 Å². The fourth-order valence-electron chi connectivity index (χ4n) is 1.19. The molecule has 0 saturated heterocycles. The second-order valence-electron chi connectivity index (χ2n) is 3.98. The maximum absolute atomic E-state index is 12.7. The number of benzene rings is 1. The smallest absolute Gasteiger partial charge is 0.392 e. The van der Waals surface area contributed by atoms with E-state index in [9.17, 15) is 13.2 Å². The van der Waals surface area contributed by atoms with Gasteiger partial charge in [0.15, 0.2) is 0 Å². The lowest BCUT2D eigenvalue weighted by Crippen LogP contribution is -2.36. The minimum absolute atomic E-state index is 0.160. The van der Waals surface area contributed by atoms with E-state index in [1.165, 1.54) is 24.3 Å². The molecule has 0 aliphatic carbocycles. The zero-order valence-electron chi connectivity index (χ0n) is 8.60. The Morgan fingerprint density at radius 3 is 1.87 bits per heavy atom. The molecule has 0 fully saturated rings. The van der Waals surface area contributed by atoms with Crippen LogP contribution in [-0.4, -0.2) is 11.3 Å². The molecular weight excluding hydrogens is 205 g/mol. The normalized spacial score (nSPS) is 12.9. The maximum Gasteiger partial charge on any atom is 0.397 e. The first kappa shape index (κ1) is 12.0. The summed E-state index contributed by atoms with van der Waals surface area (Å²) in [6.07, 6.45) is -4.27. The van der Waals surface area contributed by atoms with E-state index in [1.54, 1.807) is 0 Å². The van der Waals surface area contributed by atoms with Crippen LogP contribution in [-0.2, 0) is 12.0 Å². The van der Waals surface area contributed by atoms with E-state index >= 15 is 0 Å². The molecule has 0 amide bonds. The topological polar surface area (TPSA) is 20.2 Å². The van der Waals surface area contributed by atoms with Gasteiger partial charge in [-0.25, -0.2) is 0 Å². The molecule has 1 aromatic rings. The average molecular weight is 218 g/mol. The first-order chi connectivity index (χ1) is 6.79. The molecule has 1 N–H and O–H groups in total. The van der Waals surface area contributed by atoms with E-state index in [0.29, 0.717) is 5.56 Å². The van der Waals surface area contributed by atoms with Gasteiger partial charge in [-0.2, -0.15) is 13.2 Å². The number of hydrogen-bond acceptors (Lipinski definition) is 1. The van der Waals surface area contributed by atoms with Crippen LogP contribution in [0.4, 0.5) is 13.2 Å². The lowest BCUT2D eigenvalue weighted by atomic mass is 9.83. The second-order valence-corrected chi connectivity index (χ2v) is 3.98. The summed E-state index contributed by atoms with van der Waals surface area (Å²) in [7, 11) is 0. The minimum Gasteiger partial charge on any atom is -0.392 e. The lowest BCUT2D eigenvalue weighted by Gasteiger charge is -2.28. The van der Waals surface area contributed by atoms with Crippen LogP contribution in [0.1, 0.15) is 25.0 Å². The van der Waals surface area contributed by atoms with Crippen LogP contribution < -0.4 is 0 Å². The fraction of sp³-hybridized carbons (Fsp3) is 0.455. The lowest BCUT2D eigenvalue weighted by molar-refractivity contribution is -0.180. The van der Waals surface area contributed by atoms with E-state index in [1.807, 2.05) is 0 Å². The summed E-state index contributed by atoms with van der Waals surface area (Å²) in [5.41, 5.74) is -1.05. The summed E-state index contributed by atoms with van der Waals surface area (Å²) in [5.74, 6) is 0. The molecule has 4 heteroatoms. The van der Waals surface area contributed by atoms with E-state index in [2.05, 4.69) is 0 Å². The molecule has 1 rings (SSSR count). The van der Waals surface area contributed by atoms with Crippen LogP contribution >= 0.6 is 0 Å². The van der Waals surface area contributed by atoms with E-state index in [0.717, 1.165) is 13.8 Å². The number of aliphatic hydroxyl groups is 1. The Balaban J connectivity index is 3.06. The highest BCUT2D eigenvalue weighted by atomic mass is 19.4. The number of alkyl halides is 3. The summed E-state index contributed by atoms with van der Waals surface area (Å²) < 4.78 is 38.0. The van der Waals surface area contributed by atoms with Crippen LogP contribution in [0, 0.1) is 0 Å². The predicted molar refractivity (Wildman–Crippen MR) is 51.4 cm³/mol. The van der Waals surface area contributed by atoms with Crippen molar-refractivity contribution in [2.24, 2.45) is 0 Å². The molecular formula is C11H13F3O. The van der Waals surface area contributed by atoms with Crippen molar-refractivity contribution in [3.8, 4) is 0 Å². The molecule has 0 spiro atoms. The van der Waals surface area contributed by atoms with E-state index in [-0.39, 0.29) is 12.2 Å². The fourth-order valence-corrected chi connectivity index (χ4v) is 1.19. The van der Waals surface area contributed by atoms with Crippen LogP contribution in [0.25, 0.3) is 0 Å². The van der Waals surface area contributed by atoms with Crippen molar-refractivity contribution in [3.05, 3.63) is 35.4 Å². The Morgan fingerprint density at radius 1 is 1.07 bits per heavy atom. The summed E-state index contributed by atoms with van der Waals surface area (Å²) >= 11 is 0. The van der Waals surface area contributed by atoms with Gasteiger partial charge in [-0.1, -0.05) is 24.3 Å². The molecule has 15 heavy (non-hydrogen) atoms. The van der Waals surface area contributed by atoms with Gasteiger partial charge >= 0.3 is 6.18 Å². The number of aliphatic hydroxyl groups excluding tert-OH is 1. The molecule has 0 radical (unpaired) electrons. The molecule has 0 saturated carbocycles. The van der Waals surface area contributed by atoms with Crippen LogP contribution in [0.5, 0.6) is 0 Å². The third-order valence-electron chi connectivity index (χ3n) is 2.57. The third-order valence-corrected chi connectivity index (χ3v) is 2.57. The quantitative estimate of drug-likeness (QED) is 0.809. The van der Waals surface area contributed by atoms with Gasteiger partial charge in [0.05, 0.1) is 12.0 Å². The molecule has 0 aromatic heterocycles. The van der Waals surface area contributed by atoms with Gasteiger partial charge in [-0.3, -0.25) is 0 Å². The monoisotopic (exact) mass is 218 g/mol. The number of rotatable bonds is 2. The van der Waals surface area contributed by atoms with E-state index in [4.69, 9.17) is 5.11 Å². The Morgan fingerprint density at radius 2 is 1.53 bits per heavy atom. The Bertz CT molecular complexity index is 325. The highest BCUT2D eigenvalue weighted by molar-refractivity contribution is 5.29. The number of hydrogen-bond donors (Lipinski definition) is 1. The molecule has 0 aliphatic rings. The molecule has 84 valence electrons. The average Bonchev–Trinajstić information content (AvgIpc) is 2.16. The maximum atomic E-state index is 12.7. The van der Waals surface area contributed by atoms with Gasteiger partial charge in [-0.05, 0) is 25.0 Å². The van der Waals surface area contributed by atoms with Crippen molar-refractivity contribution in [1.82, 2.24) is 0 Å². The highest BCUT2D eigenvalue weighted by Gasteiger charge is 2.48. The first-order valence-electron chi connectivity index (χ1n) is 4.56. The van der Waals surface area contributed by atoms with Gasteiger partial charge in [0.25, 0.3) is 0 Å². The zero-order valence-corrected chi connectivity index (χ0v) is 8.60. The second kappa shape index (κ2) is 3.85. The Labute approximate surface area is 86.5 Å².